The quantitative estimate of drug-likeness (QED) is 0.0725. The summed E-state index contributed by atoms with van der Waals surface area (Å²) >= 11 is 0. The number of carbonyl (C=O) groups is 3. The second-order valence-corrected chi connectivity index (χ2v) is 16.2. The SMILES string of the molecule is CC(=O)N[C@@H]1[C@@H](O[C@@H]2O[C@H](CO)[C@H](O)[C@H](O)[C@H]2O[C@@H]2O[C@@H](C)[C@@H](O)[C@@H](O)[C@@H]2O)[C@@H](O)[C@@H](CO[C@@H]2O[C@H](CO)[C@@H](O)[C@H](O[C@@H]3O[C@H](CO)[C@@H](O)[C@H](O)[C@H]3NC(C)=O)[C@H]2NC(C)=O)O[C@@H]1O. The molecule has 5 rings (SSSR count). The Morgan fingerprint density at radius 2 is 0.891 bits per heavy atom. The van der Waals surface area contributed by atoms with Crippen molar-refractivity contribution < 1.29 is 123 Å². The Bertz CT molecular complexity index is 1540. The van der Waals surface area contributed by atoms with Gasteiger partial charge in [-0.05, 0) is 6.92 Å². The second kappa shape index (κ2) is 22.6. The van der Waals surface area contributed by atoms with E-state index in [-0.39, 0.29) is 0 Å². The van der Waals surface area contributed by atoms with Gasteiger partial charge in [0.1, 0.15) is 116 Å². The molecule has 370 valence electrons. The number of hydrogen-bond donors (Lipinski definition) is 16. The van der Waals surface area contributed by atoms with Crippen LogP contribution >= 0.6 is 0 Å². The maximum absolute atomic E-state index is 12.6. The van der Waals surface area contributed by atoms with E-state index in [1.807, 2.05) is 0 Å². The third-order valence-corrected chi connectivity index (χ3v) is 11.5. The van der Waals surface area contributed by atoms with Gasteiger partial charge in [0, 0.05) is 20.8 Å². The predicted octanol–water partition coefficient (Wildman–Crippen LogP) is -10.5. The highest BCUT2D eigenvalue weighted by molar-refractivity contribution is 5.74. The fourth-order valence-corrected chi connectivity index (χ4v) is 8.06. The lowest BCUT2D eigenvalue weighted by Crippen LogP contribution is -2.70. The van der Waals surface area contributed by atoms with E-state index in [1.165, 1.54) is 6.92 Å². The lowest BCUT2D eigenvalue weighted by atomic mass is 9.94. The van der Waals surface area contributed by atoms with Gasteiger partial charge in [0.2, 0.25) is 17.7 Å². The van der Waals surface area contributed by atoms with Gasteiger partial charge >= 0.3 is 0 Å². The van der Waals surface area contributed by atoms with Gasteiger partial charge in [0.25, 0.3) is 0 Å². The largest absolute Gasteiger partial charge is 0.394 e. The molecule has 0 aromatic rings. The van der Waals surface area contributed by atoms with Gasteiger partial charge in [0.05, 0.1) is 32.5 Å². The number of rotatable bonds is 15. The minimum Gasteiger partial charge on any atom is -0.394 e. The monoisotopic (exact) mass is 935 g/mol. The molecule has 25 atom stereocenters. The van der Waals surface area contributed by atoms with Gasteiger partial charge in [-0.3, -0.25) is 14.4 Å². The number of nitrogens with one attached hydrogen (secondary N) is 3. The molecule has 5 aliphatic rings. The van der Waals surface area contributed by atoms with Gasteiger partial charge in [-0.15, -0.1) is 0 Å². The van der Waals surface area contributed by atoms with Gasteiger partial charge in [-0.2, -0.15) is 0 Å². The van der Waals surface area contributed by atoms with E-state index in [4.69, 9.17) is 42.6 Å². The molecule has 16 N–H and O–H groups in total. The highest BCUT2D eigenvalue weighted by Gasteiger charge is 2.56. The molecule has 5 fully saturated rings. The average Bonchev–Trinajstić information content (AvgIpc) is 3.24. The van der Waals surface area contributed by atoms with Crippen molar-refractivity contribution in [3.05, 3.63) is 0 Å². The van der Waals surface area contributed by atoms with Crippen molar-refractivity contribution >= 4 is 17.7 Å². The predicted molar refractivity (Wildman–Crippen MR) is 200 cm³/mol. The van der Waals surface area contributed by atoms with Gasteiger partial charge in [-0.1, -0.05) is 0 Å². The summed E-state index contributed by atoms with van der Waals surface area (Å²) < 4.78 is 51.9. The third kappa shape index (κ3) is 11.6. The van der Waals surface area contributed by atoms with Crippen molar-refractivity contribution in [2.24, 2.45) is 0 Å². The zero-order chi connectivity index (χ0) is 47.5. The smallest absolute Gasteiger partial charge is 0.217 e. The van der Waals surface area contributed by atoms with Crippen LogP contribution in [-0.2, 0) is 57.0 Å². The van der Waals surface area contributed by atoms with Gasteiger partial charge in [0.15, 0.2) is 31.5 Å². The first-order valence-corrected chi connectivity index (χ1v) is 20.4. The molecule has 5 heterocycles. The van der Waals surface area contributed by atoms with Crippen molar-refractivity contribution in [1.82, 2.24) is 16.0 Å². The van der Waals surface area contributed by atoms with E-state index in [0.717, 1.165) is 20.8 Å². The first kappa shape index (κ1) is 52.5. The topological polar surface area (TPSA) is 433 Å². The van der Waals surface area contributed by atoms with Gasteiger partial charge < -0.3 is 125 Å². The molecule has 0 bridgehead atoms. The van der Waals surface area contributed by atoms with E-state index < -0.39 is 197 Å². The van der Waals surface area contributed by atoms with E-state index in [1.54, 1.807) is 0 Å². The van der Waals surface area contributed by atoms with Crippen LogP contribution in [0, 0.1) is 0 Å². The summed E-state index contributed by atoms with van der Waals surface area (Å²) in [6, 6.07) is -4.73. The zero-order valence-corrected chi connectivity index (χ0v) is 35.0. The summed E-state index contributed by atoms with van der Waals surface area (Å²) in [4.78, 5) is 36.9. The normalized spacial score (nSPS) is 47.7. The molecule has 0 saturated carbocycles. The molecular weight excluding hydrogens is 874 g/mol. The lowest BCUT2D eigenvalue weighted by Gasteiger charge is -2.49. The molecule has 0 spiro atoms. The summed E-state index contributed by atoms with van der Waals surface area (Å²) in [5.41, 5.74) is 0. The Kier molecular flexibility index (Phi) is 18.5. The van der Waals surface area contributed by atoms with Crippen LogP contribution in [0.3, 0.4) is 0 Å². The van der Waals surface area contributed by atoms with Crippen LogP contribution in [0.2, 0.25) is 0 Å². The number of hydrogen-bond acceptors (Lipinski definition) is 25. The summed E-state index contributed by atoms with van der Waals surface area (Å²) in [6.07, 6.45) is -38.5. The van der Waals surface area contributed by atoms with Crippen LogP contribution in [0.5, 0.6) is 0 Å². The number of aliphatic hydroxyl groups excluding tert-OH is 13. The highest BCUT2D eigenvalue weighted by atomic mass is 16.8. The molecule has 5 saturated heterocycles. The molecule has 0 unspecified atom stereocenters. The van der Waals surface area contributed by atoms with Crippen LogP contribution in [0.15, 0.2) is 0 Å². The third-order valence-electron chi connectivity index (χ3n) is 11.5. The molecular formula is C36H61N3O25. The Balaban J connectivity index is 1.41. The zero-order valence-electron chi connectivity index (χ0n) is 35.0. The Labute approximate surface area is 364 Å². The fourth-order valence-electron chi connectivity index (χ4n) is 8.06. The maximum atomic E-state index is 12.6. The summed E-state index contributed by atoms with van der Waals surface area (Å²) in [5, 5.41) is 146. The number of amides is 3. The standard InChI is InChI=1S/C36H61N3O25/c1-9-20(46)26(52)28(54)35(57-9)64-31-27(53)22(48)14(6-41)61-36(31)63-29-18(38-11(3)44)32(55)58-16(24(29)50)8-56-33-19(39-12(4)45)30(23(49)15(7-42)59-33)62-34-17(37-10(2)43)25(51)21(47)13(5-40)60-34/h9,13-36,40-42,46-55H,5-8H2,1-4H3,(H,37,43)(H,38,44)(H,39,45)/t9-,13+,14+,15+,16+,17+,18+,19+,20+,21+,22-,23+,24-,25+,26+,27-,28-,29+,30+,31+,32-,33+,34-,35-,36-/m0/s1. The molecule has 28 heteroatoms. The minimum atomic E-state index is -2.03. The summed E-state index contributed by atoms with van der Waals surface area (Å²) in [5.74, 6) is -2.23. The van der Waals surface area contributed by atoms with Crippen molar-refractivity contribution in [3.8, 4) is 0 Å². The number of ether oxygens (including phenoxy) is 9. The molecule has 0 radical (unpaired) electrons. The Morgan fingerprint density at radius 3 is 1.47 bits per heavy atom. The number of aliphatic hydroxyl groups is 13. The maximum Gasteiger partial charge on any atom is 0.217 e. The summed E-state index contributed by atoms with van der Waals surface area (Å²) in [6.45, 7) is 1.11. The first-order valence-electron chi connectivity index (χ1n) is 20.4. The Morgan fingerprint density at radius 1 is 0.438 bits per heavy atom. The van der Waals surface area contributed by atoms with Crippen LogP contribution in [0.1, 0.15) is 27.7 Å². The van der Waals surface area contributed by atoms with E-state index in [9.17, 15) is 80.8 Å². The lowest BCUT2D eigenvalue weighted by molar-refractivity contribution is -0.381. The van der Waals surface area contributed by atoms with E-state index >= 15 is 0 Å². The van der Waals surface area contributed by atoms with Crippen molar-refractivity contribution in [2.45, 2.75) is 181 Å². The van der Waals surface area contributed by atoms with Crippen molar-refractivity contribution in [1.29, 1.82) is 0 Å². The van der Waals surface area contributed by atoms with Crippen LogP contribution in [0.25, 0.3) is 0 Å². The minimum absolute atomic E-state index is 0.708. The van der Waals surface area contributed by atoms with Crippen molar-refractivity contribution in [2.75, 3.05) is 26.4 Å². The molecule has 0 aromatic heterocycles. The van der Waals surface area contributed by atoms with Gasteiger partial charge in [-0.25, -0.2) is 0 Å². The average molecular weight is 936 g/mol. The summed E-state index contributed by atoms with van der Waals surface area (Å²) in [7, 11) is 0. The van der Waals surface area contributed by atoms with Crippen LogP contribution in [-0.4, -0.2) is 264 Å². The molecule has 3 amide bonds. The molecule has 28 nitrogen and oxygen atoms in total. The first-order chi connectivity index (χ1) is 30.1. The fraction of sp³-hybridized carbons (Fsp3) is 0.917. The molecule has 0 aliphatic carbocycles. The highest BCUT2D eigenvalue weighted by Crippen LogP contribution is 2.34. The van der Waals surface area contributed by atoms with E-state index in [0.29, 0.717) is 0 Å². The van der Waals surface area contributed by atoms with Crippen LogP contribution < -0.4 is 16.0 Å². The Hall–Kier alpha value is -2.47. The molecule has 5 aliphatic heterocycles. The molecule has 0 aromatic carbocycles. The number of carbonyl (C=O) groups excluding carboxylic acids is 3. The van der Waals surface area contributed by atoms with E-state index in [2.05, 4.69) is 16.0 Å². The van der Waals surface area contributed by atoms with Crippen molar-refractivity contribution in [3.63, 3.8) is 0 Å². The molecule has 64 heavy (non-hydrogen) atoms. The van der Waals surface area contributed by atoms with Crippen LogP contribution in [0.4, 0.5) is 0 Å². The second-order valence-electron chi connectivity index (χ2n) is 16.2.